The maximum absolute atomic E-state index is 5.06. The molecule has 0 aliphatic carbocycles. The maximum Gasteiger partial charge on any atom is 0.135 e. The quantitative estimate of drug-likeness (QED) is 0.903. The molecule has 5 nitrogen and oxygen atoms in total. The number of rotatable bonds is 4. The molecule has 2 heterocycles. The van der Waals surface area contributed by atoms with E-state index in [9.17, 15) is 0 Å². The van der Waals surface area contributed by atoms with Crippen LogP contribution in [0.5, 0.6) is 0 Å². The molecule has 17 heavy (non-hydrogen) atoms. The van der Waals surface area contributed by atoms with E-state index < -0.39 is 0 Å². The number of piperidine rings is 1. The molecule has 1 saturated heterocycles. The predicted octanol–water partition coefficient (Wildman–Crippen LogP) is 1.24. The number of hydrogen-bond donors (Lipinski definition) is 1. The topological polar surface area (TPSA) is 52.0 Å². The zero-order chi connectivity index (χ0) is 10.5. The number of hydrogen-bond acceptors (Lipinski definition) is 4. The van der Waals surface area contributed by atoms with Crippen molar-refractivity contribution >= 4 is 24.8 Å². The number of methoxy groups -OCH3 is 1. The Hall–Kier alpha value is -0.360. The zero-order valence-corrected chi connectivity index (χ0v) is 11.6. The van der Waals surface area contributed by atoms with Gasteiger partial charge in [-0.3, -0.25) is 0 Å². The lowest BCUT2D eigenvalue weighted by Gasteiger charge is -2.24. The van der Waals surface area contributed by atoms with E-state index in [4.69, 9.17) is 4.74 Å². The lowest BCUT2D eigenvalue weighted by molar-refractivity contribution is 0.198. The van der Waals surface area contributed by atoms with E-state index in [1.165, 1.54) is 0 Å². The minimum atomic E-state index is 0. The smallest absolute Gasteiger partial charge is 0.135 e. The highest BCUT2D eigenvalue weighted by atomic mass is 35.5. The van der Waals surface area contributed by atoms with Crippen LogP contribution in [-0.2, 0) is 11.2 Å². The first-order valence-electron chi connectivity index (χ1n) is 5.50. The summed E-state index contributed by atoms with van der Waals surface area (Å²) in [5.74, 6) is 1.05. The molecule has 1 N–H and O–H groups in total. The molecular formula is C10H20Cl2N4O. The second-order valence-electron chi connectivity index (χ2n) is 3.88. The fraction of sp³-hybridized carbons (Fsp3) is 0.800. The Morgan fingerprint density at radius 1 is 1.41 bits per heavy atom. The van der Waals surface area contributed by atoms with Crippen LogP contribution in [0.1, 0.15) is 24.7 Å². The molecule has 1 aliphatic heterocycles. The van der Waals surface area contributed by atoms with E-state index in [0.29, 0.717) is 12.6 Å². The van der Waals surface area contributed by atoms with Crippen LogP contribution in [0, 0.1) is 0 Å². The molecule has 2 rings (SSSR count). The largest absolute Gasteiger partial charge is 0.384 e. The van der Waals surface area contributed by atoms with Crippen molar-refractivity contribution in [2.24, 2.45) is 0 Å². The van der Waals surface area contributed by atoms with Crippen molar-refractivity contribution in [1.29, 1.82) is 0 Å². The number of nitrogens with zero attached hydrogens (tertiary/aromatic N) is 3. The first-order valence-corrected chi connectivity index (χ1v) is 5.50. The third kappa shape index (κ3) is 4.43. The van der Waals surface area contributed by atoms with Crippen LogP contribution < -0.4 is 5.32 Å². The van der Waals surface area contributed by atoms with E-state index in [-0.39, 0.29) is 24.8 Å². The third-order valence-corrected chi connectivity index (χ3v) is 2.88. The minimum Gasteiger partial charge on any atom is -0.384 e. The molecule has 0 atom stereocenters. The summed E-state index contributed by atoms with van der Waals surface area (Å²) in [5.41, 5.74) is 0. The van der Waals surface area contributed by atoms with Crippen LogP contribution in [0.3, 0.4) is 0 Å². The van der Waals surface area contributed by atoms with Crippen LogP contribution in [0.4, 0.5) is 0 Å². The van der Waals surface area contributed by atoms with Gasteiger partial charge in [-0.2, -0.15) is 0 Å². The monoisotopic (exact) mass is 282 g/mol. The third-order valence-electron chi connectivity index (χ3n) is 2.88. The van der Waals surface area contributed by atoms with E-state index in [2.05, 4.69) is 20.1 Å². The minimum absolute atomic E-state index is 0. The van der Waals surface area contributed by atoms with Gasteiger partial charge in [-0.05, 0) is 25.9 Å². The van der Waals surface area contributed by atoms with Gasteiger partial charge in [-0.15, -0.1) is 35.0 Å². The summed E-state index contributed by atoms with van der Waals surface area (Å²) in [6.45, 7) is 2.89. The highest BCUT2D eigenvalue weighted by molar-refractivity contribution is 5.85. The molecule has 100 valence electrons. The van der Waals surface area contributed by atoms with E-state index in [1.54, 1.807) is 7.11 Å². The van der Waals surface area contributed by atoms with Crippen LogP contribution in [-0.4, -0.2) is 41.6 Å². The fourth-order valence-corrected chi connectivity index (χ4v) is 2.03. The molecule has 0 spiro atoms. The van der Waals surface area contributed by atoms with Gasteiger partial charge in [-0.1, -0.05) is 0 Å². The summed E-state index contributed by atoms with van der Waals surface area (Å²) in [6.07, 6.45) is 5.03. The lowest BCUT2D eigenvalue weighted by atomic mass is 10.1. The van der Waals surface area contributed by atoms with Crippen molar-refractivity contribution in [3.05, 3.63) is 12.2 Å². The van der Waals surface area contributed by atoms with Gasteiger partial charge < -0.3 is 14.6 Å². The molecule has 1 aromatic rings. The fourth-order valence-electron chi connectivity index (χ4n) is 2.03. The van der Waals surface area contributed by atoms with Gasteiger partial charge in [0.25, 0.3) is 0 Å². The SMILES string of the molecule is COCCc1nncn1C1CCNCC1.Cl.Cl. The molecule has 0 bridgehead atoms. The van der Waals surface area contributed by atoms with Gasteiger partial charge in [0.2, 0.25) is 0 Å². The second-order valence-corrected chi connectivity index (χ2v) is 3.88. The van der Waals surface area contributed by atoms with Crippen molar-refractivity contribution in [3.63, 3.8) is 0 Å². The summed E-state index contributed by atoms with van der Waals surface area (Å²) in [5, 5.41) is 11.5. The first-order chi connectivity index (χ1) is 7.42. The van der Waals surface area contributed by atoms with Gasteiger partial charge in [-0.25, -0.2) is 0 Å². The number of ether oxygens (including phenoxy) is 1. The molecular weight excluding hydrogens is 263 g/mol. The molecule has 7 heteroatoms. The molecule has 0 amide bonds. The Labute approximate surface area is 114 Å². The van der Waals surface area contributed by atoms with Crippen molar-refractivity contribution in [1.82, 2.24) is 20.1 Å². The van der Waals surface area contributed by atoms with Gasteiger partial charge >= 0.3 is 0 Å². The van der Waals surface area contributed by atoms with Crippen molar-refractivity contribution in [2.45, 2.75) is 25.3 Å². The van der Waals surface area contributed by atoms with E-state index in [0.717, 1.165) is 38.2 Å². The average molecular weight is 283 g/mol. The Morgan fingerprint density at radius 3 is 2.76 bits per heavy atom. The summed E-state index contributed by atoms with van der Waals surface area (Å²) in [4.78, 5) is 0. The molecule has 1 fully saturated rings. The van der Waals surface area contributed by atoms with E-state index >= 15 is 0 Å². The Balaban J connectivity index is 0.00000128. The lowest BCUT2D eigenvalue weighted by Crippen LogP contribution is -2.30. The van der Waals surface area contributed by atoms with Gasteiger partial charge in [0.05, 0.1) is 6.61 Å². The molecule has 0 unspecified atom stereocenters. The van der Waals surface area contributed by atoms with Gasteiger partial charge in [0, 0.05) is 19.6 Å². The highest BCUT2D eigenvalue weighted by Gasteiger charge is 2.17. The van der Waals surface area contributed by atoms with Crippen molar-refractivity contribution in [2.75, 3.05) is 26.8 Å². The van der Waals surface area contributed by atoms with Crippen LogP contribution in [0.2, 0.25) is 0 Å². The maximum atomic E-state index is 5.06. The predicted molar refractivity (Wildman–Crippen MR) is 71.2 cm³/mol. The standard InChI is InChI=1S/C10H18N4O.2ClH/c1-15-7-4-10-13-12-8-14(10)9-2-5-11-6-3-9;;/h8-9,11H,2-7H2,1H3;2*1H. The van der Waals surface area contributed by atoms with Crippen LogP contribution in [0.25, 0.3) is 0 Å². The average Bonchev–Trinajstić information content (AvgIpc) is 2.75. The summed E-state index contributed by atoms with van der Waals surface area (Å²) in [7, 11) is 1.71. The molecule has 0 saturated carbocycles. The van der Waals surface area contributed by atoms with Gasteiger partial charge in [0.15, 0.2) is 0 Å². The molecule has 0 aromatic carbocycles. The van der Waals surface area contributed by atoms with Crippen molar-refractivity contribution < 1.29 is 4.74 Å². The zero-order valence-electron chi connectivity index (χ0n) is 9.96. The van der Waals surface area contributed by atoms with Crippen molar-refractivity contribution in [3.8, 4) is 0 Å². The number of halogens is 2. The van der Waals surface area contributed by atoms with Gasteiger partial charge in [0.1, 0.15) is 12.2 Å². The van der Waals surface area contributed by atoms with Crippen LogP contribution in [0.15, 0.2) is 6.33 Å². The Bertz CT molecular complexity index is 302. The summed E-state index contributed by atoms with van der Waals surface area (Å²) >= 11 is 0. The molecule has 1 aliphatic rings. The second kappa shape index (κ2) is 8.69. The molecule has 1 aromatic heterocycles. The van der Waals surface area contributed by atoms with Crippen LogP contribution >= 0.6 is 24.8 Å². The number of nitrogens with one attached hydrogen (secondary N) is 1. The first kappa shape index (κ1) is 16.6. The van der Waals surface area contributed by atoms with E-state index in [1.807, 2.05) is 6.33 Å². The number of aromatic nitrogens is 3. The summed E-state index contributed by atoms with van der Waals surface area (Å²) < 4.78 is 7.27. The highest BCUT2D eigenvalue weighted by Crippen LogP contribution is 2.19. The Kier molecular flexibility index (Phi) is 8.51. The molecule has 0 radical (unpaired) electrons. The summed E-state index contributed by atoms with van der Waals surface area (Å²) in [6, 6.07) is 0.563. The normalized spacial score (nSPS) is 16.1. The Morgan fingerprint density at radius 2 is 2.12 bits per heavy atom.